The largest absolute Gasteiger partial charge is 0.480 e. The summed E-state index contributed by atoms with van der Waals surface area (Å²) < 4.78 is 6.85. The second-order valence-electron chi connectivity index (χ2n) is 8.00. The molecule has 0 amide bonds. The van der Waals surface area contributed by atoms with Crippen molar-refractivity contribution in [1.29, 1.82) is 0 Å². The lowest BCUT2D eigenvalue weighted by Gasteiger charge is -2.19. The zero-order valence-corrected chi connectivity index (χ0v) is 18.2. The number of hydrogen-bond acceptors (Lipinski definition) is 3. The molecule has 1 aromatic carbocycles. The van der Waals surface area contributed by atoms with Crippen molar-refractivity contribution in [3.8, 4) is 5.88 Å². The van der Waals surface area contributed by atoms with Gasteiger partial charge in [-0.1, -0.05) is 62.7 Å². The molecule has 0 saturated carbocycles. The van der Waals surface area contributed by atoms with Crippen molar-refractivity contribution in [2.45, 2.75) is 39.7 Å². The van der Waals surface area contributed by atoms with Gasteiger partial charge < -0.3 is 9.84 Å². The van der Waals surface area contributed by atoms with Crippen LogP contribution in [0.5, 0.6) is 5.88 Å². The quantitative estimate of drug-likeness (QED) is 0.644. The molecule has 1 N–H and O–H groups in total. The van der Waals surface area contributed by atoms with E-state index >= 15 is 0 Å². The first kappa shape index (κ1) is 20.9. The number of nitrogens with zero attached hydrogens (tertiary/aromatic N) is 2. The normalized spacial score (nSPS) is 12.3. The van der Waals surface area contributed by atoms with E-state index < -0.39 is 0 Å². The molecule has 0 atom stereocenters. The first-order valence-electron chi connectivity index (χ1n) is 9.47. The monoisotopic (exact) mass is 411 g/mol. The van der Waals surface area contributed by atoms with Gasteiger partial charge in [-0.2, -0.15) is 0 Å². The van der Waals surface area contributed by atoms with Crippen LogP contribution in [0.2, 0.25) is 5.02 Å². The van der Waals surface area contributed by atoms with Gasteiger partial charge in [0.05, 0.1) is 19.3 Å². The van der Waals surface area contributed by atoms with Crippen LogP contribution in [0, 0.1) is 6.92 Å². The van der Waals surface area contributed by atoms with Crippen molar-refractivity contribution in [2.24, 2.45) is 0 Å². The second-order valence-corrected chi connectivity index (χ2v) is 8.41. The Bertz CT molecular complexity index is 1090. The van der Waals surface area contributed by atoms with Gasteiger partial charge in [0.15, 0.2) is 0 Å². The van der Waals surface area contributed by atoms with Crippen molar-refractivity contribution in [1.82, 2.24) is 14.8 Å². The van der Waals surface area contributed by atoms with Crippen LogP contribution in [0.15, 0.2) is 53.5 Å². The van der Waals surface area contributed by atoms with Crippen LogP contribution in [0.25, 0.3) is 5.57 Å². The molecule has 0 unspecified atom stereocenters. The highest BCUT2D eigenvalue weighted by molar-refractivity contribution is 6.31. The van der Waals surface area contributed by atoms with Crippen LogP contribution in [0.1, 0.15) is 43.2 Å². The molecule has 0 bridgehead atoms. The number of rotatable bonds is 5. The number of aromatic amines is 1. The Morgan fingerprint density at radius 2 is 1.90 bits per heavy atom. The first-order chi connectivity index (χ1) is 13.7. The van der Waals surface area contributed by atoms with Gasteiger partial charge in [0.25, 0.3) is 5.56 Å². The van der Waals surface area contributed by atoms with Crippen molar-refractivity contribution in [3.63, 3.8) is 0 Å². The number of pyridine rings is 1. The van der Waals surface area contributed by atoms with E-state index in [1.165, 1.54) is 5.56 Å². The molecule has 3 aromatic rings. The molecule has 0 fully saturated rings. The molecular formula is C23H26ClN3O2. The van der Waals surface area contributed by atoms with E-state index in [-0.39, 0.29) is 11.0 Å². The standard InChI is InChI=1S/C23H26ClN3O2/c1-15-14-25-27(22(15)28)13-12-18(20-11-10-19(24)21(26-20)29-5)16-6-8-17(9-7-16)23(2,3)4/h6-12,14,25H,13H2,1-5H3/b18-12+. The van der Waals surface area contributed by atoms with Gasteiger partial charge >= 0.3 is 0 Å². The van der Waals surface area contributed by atoms with Gasteiger partial charge in [-0.3, -0.25) is 4.79 Å². The third kappa shape index (κ3) is 4.62. The Balaban J connectivity index is 2.07. The fraction of sp³-hybridized carbons (Fsp3) is 0.304. The summed E-state index contributed by atoms with van der Waals surface area (Å²) in [6.07, 6.45) is 3.69. The van der Waals surface area contributed by atoms with E-state index in [9.17, 15) is 4.79 Å². The van der Waals surface area contributed by atoms with E-state index in [1.54, 1.807) is 31.0 Å². The molecule has 0 saturated heterocycles. The van der Waals surface area contributed by atoms with Gasteiger partial charge in [0.1, 0.15) is 5.02 Å². The number of aromatic nitrogens is 3. The average molecular weight is 412 g/mol. The Labute approximate surface area is 176 Å². The van der Waals surface area contributed by atoms with Crippen molar-refractivity contribution in [2.75, 3.05) is 7.11 Å². The number of halogens is 1. The Hall–Kier alpha value is -2.79. The summed E-state index contributed by atoms with van der Waals surface area (Å²) in [4.78, 5) is 16.8. The smallest absolute Gasteiger partial charge is 0.269 e. The van der Waals surface area contributed by atoms with Gasteiger partial charge in [0.2, 0.25) is 5.88 Å². The summed E-state index contributed by atoms with van der Waals surface area (Å²) in [6.45, 7) is 8.74. The number of methoxy groups -OCH3 is 1. The molecule has 0 aliphatic rings. The minimum Gasteiger partial charge on any atom is -0.480 e. The molecule has 5 nitrogen and oxygen atoms in total. The Morgan fingerprint density at radius 3 is 2.45 bits per heavy atom. The third-order valence-corrected chi connectivity index (χ3v) is 5.13. The number of hydrogen-bond donors (Lipinski definition) is 1. The maximum atomic E-state index is 12.2. The SMILES string of the molecule is COc1nc(/C(=C/Cn2[nH]cc(C)c2=O)c2ccc(C(C)(C)C)cc2)ccc1Cl. The van der Waals surface area contributed by atoms with Gasteiger partial charge in [-0.25, -0.2) is 9.67 Å². The summed E-state index contributed by atoms with van der Waals surface area (Å²) in [5.74, 6) is 0.370. The topological polar surface area (TPSA) is 59.9 Å². The van der Waals surface area contributed by atoms with Crippen LogP contribution in [0.4, 0.5) is 0 Å². The van der Waals surface area contributed by atoms with Crippen LogP contribution in [-0.4, -0.2) is 21.9 Å². The first-order valence-corrected chi connectivity index (χ1v) is 9.85. The molecule has 3 rings (SSSR count). The fourth-order valence-corrected chi connectivity index (χ4v) is 3.25. The van der Waals surface area contributed by atoms with E-state index in [0.717, 1.165) is 16.8 Å². The van der Waals surface area contributed by atoms with E-state index in [0.29, 0.717) is 23.0 Å². The van der Waals surface area contributed by atoms with Crippen LogP contribution < -0.4 is 10.3 Å². The maximum Gasteiger partial charge on any atom is 0.269 e. The summed E-state index contributed by atoms with van der Waals surface area (Å²) in [6, 6.07) is 12.0. The highest BCUT2D eigenvalue weighted by atomic mass is 35.5. The fourth-order valence-electron chi connectivity index (χ4n) is 3.06. The average Bonchev–Trinajstić information content (AvgIpc) is 3.01. The molecule has 2 aromatic heterocycles. The summed E-state index contributed by atoms with van der Waals surface area (Å²) in [7, 11) is 1.54. The van der Waals surface area contributed by atoms with Gasteiger partial charge in [0, 0.05) is 17.3 Å². The van der Waals surface area contributed by atoms with E-state index in [2.05, 4.69) is 55.1 Å². The third-order valence-electron chi connectivity index (χ3n) is 4.84. The summed E-state index contributed by atoms with van der Waals surface area (Å²) >= 11 is 6.16. The van der Waals surface area contributed by atoms with E-state index in [1.807, 2.05) is 12.1 Å². The lowest BCUT2D eigenvalue weighted by atomic mass is 9.86. The van der Waals surface area contributed by atoms with Crippen LogP contribution >= 0.6 is 11.6 Å². The molecule has 29 heavy (non-hydrogen) atoms. The predicted octanol–water partition coefficient (Wildman–Crippen LogP) is 4.97. The predicted molar refractivity (Wildman–Crippen MR) is 118 cm³/mol. The van der Waals surface area contributed by atoms with Crippen molar-refractivity contribution in [3.05, 3.63) is 86.4 Å². The molecule has 0 radical (unpaired) electrons. The van der Waals surface area contributed by atoms with Gasteiger partial charge in [-0.05, 0) is 35.6 Å². The highest BCUT2D eigenvalue weighted by Crippen LogP contribution is 2.30. The van der Waals surface area contributed by atoms with Gasteiger partial charge in [-0.15, -0.1) is 0 Å². The maximum absolute atomic E-state index is 12.2. The van der Waals surface area contributed by atoms with Crippen molar-refractivity contribution < 1.29 is 4.74 Å². The number of allylic oxidation sites excluding steroid dienone is 1. The number of H-pyrrole nitrogens is 1. The number of nitrogens with one attached hydrogen (secondary N) is 1. The molecule has 0 aliphatic carbocycles. The van der Waals surface area contributed by atoms with Crippen LogP contribution in [-0.2, 0) is 12.0 Å². The number of benzene rings is 1. The molecule has 0 aliphatic heterocycles. The summed E-state index contributed by atoms with van der Waals surface area (Å²) in [5.41, 5.74) is 4.60. The number of aryl methyl sites for hydroxylation is 1. The molecular weight excluding hydrogens is 386 g/mol. The molecule has 0 spiro atoms. The summed E-state index contributed by atoms with van der Waals surface area (Å²) in [5, 5.41) is 3.44. The van der Waals surface area contributed by atoms with Crippen molar-refractivity contribution >= 4 is 17.2 Å². The highest BCUT2D eigenvalue weighted by Gasteiger charge is 2.15. The Kier molecular flexibility index (Phi) is 5.99. The minimum absolute atomic E-state index is 0.0367. The zero-order valence-electron chi connectivity index (χ0n) is 17.4. The second kappa shape index (κ2) is 8.29. The van der Waals surface area contributed by atoms with Crippen LogP contribution in [0.3, 0.4) is 0 Å². The lowest BCUT2D eigenvalue weighted by molar-refractivity contribution is 0.398. The zero-order chi connectivity index (χ0) is 21.2. The lowest BCUT2D eigenvalue weighted by Crippen LogP contribution is -2.17. The number of ether oxygens (including phenoxy) is 1. The minimum atomic E-state index is -0.0367. The van der Waals surface area contributed by atoms with E-state index in [4.69, 9.17) is 16.3 Å². The molecule has 2 heterocycles. The molecule has 6 heteroatoms. The molecule has 152 valence electrons. The Morgan fingerprint density at radius 1 is 1.21 bits per heavy atom.